The minimum Gasteiger partial charge on any atom is -0.394 e. The molecule has 1 heterocycles. The molecule has 0 saturated heterocycles. The average Bonchev–Trinajstić information content (AvgIpc) is 2.60. The number of aromatic nitrogens is 1. The van der Waals surface area contributed by atoms with Gasteiger partial charge in [0.2, 0.25) is 0 Å². The highest BCUT2D eigenvalue weighted by atomic mass is 16.5. The maximum Gasteiger partial charge on any atom is 0.190 e. The predicted octanol–water partition coefficient (Wildman–Crippen LogP) is 3.66. The first kappa shape index (κ1) is 11.7. The van der Waals surface area contributed by atoms with E-state index in [2.05, 4.69) is 44.1 Å². The molecule has 0 amide bonds. The van der Waals surface area contributed by atoms with E-state index in [0.29, 0.717) is 17.4 Å². The molecule has 3 heteroatoms. The molecule has 3 nitrogen and oxygen atoms in total. The van der Waals surface area contributed by atoms with Gasteiger partial charge in [-0.3, -0.25) is 0 Å². The minimum absolute atomic E-state index is 0.486. The molecule has 0 bridgehead atoms. The number of aryl methyl sites for hydroxylation is 2. The molecule has 17 heavy (non-hydrogen) atoms. The van der Waals surface area contributed by atoms with Crippen LogP contribution in [0.3, 0.4) is 0 Å². The zero-order valence-corrected chi connectivity index (χ0v) is 10.7. The van der Waals surface area contributed by atoms with Gasteiger partial charge in [0.15, 0.2) is 5.76 Å². The molecule has 2 N–H and O–H groups in total. The molecule has 0 atom stereocenters. The first-order valence-corrected chi connectivity index (χ1v) is 5.83. The Hall–Kier alpha value is -1.77. The molecule has 0 fully saturated rings. The third-order valence-electron chi connectivity index (χ3n) is 3.08. The molecule has 0 radical (unpaired) electrons. The topological polar surface area (TPSA) is 52.0 Å². The molecule has 0 spiro atoms. The molecule has 1 aromatic heterocycles. The highest BCUT2D eigenvalue weighted by Gasteiger charge is 2.15. The number of anilines is 1. The van der Waals surface area contributed by atoms with Gasteiger partial charge in [-0.2, -0.15) is 0 Å². The van der Waals surface area contributed by atoms with E-state index in [-0.39, 0.29) is 0 Å². The molecule has 1 aromatic carbocycles. The fourth-order valence-electron chi connectivity index (χ4n) is 1.81. The van der Waals surface area contributed by atoms with Crippen LogP contribution in [0.4, 0.5) is 5.69 Å². The lowest BCUT2D eigenvalue weighted by Crippen LogP contribution is -1.93. The number of rotatable bonds is 2. The summed E-state index contributed by atoms with van der Waals surface area (Å²) in [6.07, 6.45) is 0. The zero-order chi connectivity index (χ0) is 12.6. The van der Waals surface area contributed by atoms with Gasteiger partial charge in [-0.1, -0.05) is 31.1 Å². The largest absolute Gasteiger partial charge is 0.394 e. The lowest BCUT2D eigenvalue weighted by Gasteiger charge is -2.09. The second-order valence-corrected chi connectivity index (χ2v) is 4.74. The summed E-state index contributed by atoms with van der Waals surface area (Å²) >= 11 is 0. The minimum atomic E-state index is 0.486. The number of nitrogen functional groups attached to an aromatic ring is 1. The first-order chi connectivity index (χ1) is 8.00. The van der Waals surface area contributed by atoms with E-state index >= 15 is 0 Å². The smallest absolute Gasteiger partial charge is 0.190 e. The maximum absolute atomic E-state index is 5.97. The summed E-state index contributed by atoms with van der Waals surface area (Å²) in [4.78, 5) is 0. The summed E-state index contributed by atoms with van der Waals surface area (Å²) < 4.78 is 5.32. The van der Waals surface area contributed by atoms with Gasteiger partial charge >= 0.3 is 0 Å². The molecular weight excluding hydrogens is 212 g/mol. The van der Waals surface area contributed by atoms with Gasteiger partial charge in [0.05, 0.1) is 0 Å². The van der Waals surface area contributed by atoms with E-state index < -0.39 is 0 Å². The molecule has 0 unspecified atom stereocenters. The van der Waals surface area contributed by atoms with Crippen LogP contribution in [0.25, 0.3) is 11.3 Å². The number of hydrogen-bond donors (Lipinski definition) is 1. The van der Waals surface area contributed by atoms with Gasteiger partial charge in [-0.15, -0.1) is 0 Å². The van der Waals surface area contributed by atoms with E-state index in [1.807, 2.05) is 6.92 Å². The highest BCUT2D eigenvalue weighted by Crippen LogP contribution is 2.32. The Morgan fingerprint density at radius 2 is 1.94 bits per heavy atom. The monoisotopic (exact) mass is 230 g/mol. The first-order valence-electron chi connectivity index (χ1n) is 5.83. The summed E-state index contributed by atoms with van der Waals surface area (Å²) in [6, 6.07) is 6.38. The van der Waals surface area contributed by atoms with Crippen LogP contribution in [-0.2, 0) is 0 Å². The van der Waals surface area contributed by atoms with Crippen molar-refractivity contribution in [3.8, 4) is 11.3 Å². The van der Waals surface area contributed by atoms with Gasteiger partial charge in [0, 0.05) is 5.56 Å². The quantitative estimate of drug-likeness (QED) is 0.856. The molecular formula is C14H18N2O. The van der Waals surface area contributed by atoms with Crippen LogP contribution in [0.5, 0.6) is 0 Å². The Kier molecular flexibility index (Phi) is 2.92. The van der Waals surface area contributed by atoms with E-state index in [1.54, 1.807) is 0 Å². The average molecular weight is 230 g/mol. The van der Waals surface area contributed by atoms with Crippen LogP contribution in [-0.4, -0.2) is 5.16 Å². The lowest BCUT2D eigenvalue weighted by atomic mass is 9.96. The SMILES string of the molecule is Cc1ccc(C(C)C)cc1-c1onc(C)c1N. The lowest BCUT2D eigenvalue weighted by molar-refractivity contribution is 0.427. The summed E-state index contributed by atoms with van der Waals surface area (Å²) in [7, 11) is 0. The van der Waals surface area contributed by atoms with Crippen LogP contribution in [0.1, 0.15) is 36.6 Å². The van der Waals surface area contributed by atoms with Crippen molar-refractivity contribution in [3.05, 3.63) is 35.0 Å². The van der Waals surface area contributed by atoms with Gasteiger partial charge in [-0.05, 0) is 37.0 Å². The molecule has 0 saturated carbocycles. The second-order valence-electron chi connectivity index (χ2n) is 4.74. The Morgan fingerprint density at radius 1 is 1.24 bits per heavy atom. The standard InChI is InChI=1S/C14H18N2O/c1-8(2)11-6-5-9(3)12(7-11)14-13(15)10(4)16-17-14/h5-8H,15H2,1-4H3. The van der Waals surface area contributed by atoms with Crippen molar-refractivity contribution in [1.29, 1.82) is 0 Å². The summed E-state index contributed by atoms with van der Waals surface area (Å²) in [6.45, 7) is 8.24. The van der Waals surface area contributed by atoms with Gasteiger partial charge in [0.1, 0.15) is 11.4 Å². The van der Waals surface area contributed by atoms with E-state index in [9.17, 15) is 0 Å². The number of nitrogens with two attached hydrogens (primary N) is 1. The van der Waals surface area contributed by atoms with Crippen molar-refractivity contribution in [3.63, 3.8) is 0 Å². The molecule has 90 valence electrons. The van der Waals surface area contributed by atoms with Crippen LogP contribution in [0.15, 0.2) is 22.7 Å². The Morgan fingerprint density at radius 3 is 2.47 bits per heavy atom. The molecule has 0 aliphatic heterocycles. The van der Waals surface area contributed by atoms with Crippen LogP contribution in [0, 0.1) is 13.8 Å². The Labute approximate surface area is 102 Å². The van der Waals surface area contributed by atoms with Gasteiger partial charge in [0.25, 0.3) is 0 Å². The number of benzene rings is 1. The van der Waals surface area contributed by atoms with Crippen molar-refractivity contribution in [2.24, 2.45) is 0 Å². The van der Waals surface area contributed by atoms with E-state index in [1.165, 1.54) is 5.56 Å². The highest BCUT2D eigenvalue weighted by molar-refractivity contribution is 5.75. The van der Waals surface area contributed by atoms with E-state index in [4.69, 9.17) is 10.3 Å². The van der Waals surface area contributed by atoms with Crippen molar-refractivity contribution >= 4 is 5.69 Å². The fourth-order valence-corrected chi connectivity index (χ4v) is 1.81. The molecule has 2 aromatic rings. The second kappa shape index (κ2) is 4.24. The van der Waals surface area contributed by atoms with Crippen molar-refractivity contribution in [2.45, 2.75) is 33.6 Å². The molecule has 2 rings (SSSR count). The normalized spacial score (nSPS) is 11.1. The van der Waals surface area contributed by atoms with E-state index in [0.717, 1.165) is 16.8 Å². The van der Waals surface area contributed by atoms with Gasteiger partial charge in [-0.25, -0.2) is 0 Å². The predicted molar refractivity (Wildman–Crippen MR) is 69.9 cm³/mol. The Bertz CT molecular complexity index is 541. The zero-order valence-electron chi connectivity index (χ0n) is 10.7. The number of nitrogens with zero attached hydrogens (tertiary/aromatic N) is 1. The number of hydrogen-bond acceptors (Lipinski definition) is 3. The summed E-state index contributed by atoms with van der Waals surface area (Å²) in [5.74, 6) is 1.17. The van der Waals surface area contributed by atoms with Crippen LogP contribution in [0.2, 0.25) is 0 Å². The van der Waals surface area contributed by atoms with Crippen molar-refractivity contribution in [2.75, 3.05) is 5.73 Å². The van der Waals surface area contributed by atoms with Crippen LogP contribution >= 0.6 is 0 Å². The Balaban J connectivity index is 2.58. The third-order valence-corrected chi connectivity index (χ3v) is 3.08. The molecule has 0 aliphatic rings. The fraction of sp³-hybridized carbons (Fsp3) is 0.357. The van der Waals surface area contributed by atoms with Crippen molar-refractivity contribution in [1.82, 2.24) is 5.16 Å². The maximum atomic E-state index is 5.97. The van der Waals surface area contributed by atoms with Gasteiger partial charge < -0.3 is 10.3 Å². The van der Waals surface area contributed by atoms with Crippen LogP contribution < -0.4 is 5.73 Å². The summed E-state index contributed by atoms with van der Waals surface area (Å²) in [5, 5.41) is 3.91. The third kappa shape index (κ3) is 2.05. The van der Waals surface area contributed by atoms with Crippen molar-refractivity contribution < 1.29 is 4.52 Å². The molecule has 0 aliphatic carbocycles. The summed E-state index contributed by atoms with van der Waals surface area (Å²) in [5.41, 5.74) is 10.8.